The quantitative estimate of drug-likeness (QED) is 0.902. The van der Waals surface area contributed by atoms with Gasteiger partial charge in [-0.2, -0.15) is 5.26 Å². The van der Waals surface area contributed by atoms with Gasteiger partial charge in [-0.15, -0.1) is 0 Å². The molecule has 0 aliphatic heterocycles. The minimum absolute atomic E-state index is 0.233. The largest absolute Gasteiger partial charge is 0.373 e. The molecule has 0 saturated carbocycles. The Morgan fingerprint density at radius 3 is 2.62 bits per heavy atom. The lowest BCUT2D eigenvalue weighted by atomic mass is 10.2. The number of nitrogens with one attached hydrogen (secondary N) is 2. The third-order valence-electron chi connectivity index (χ3n) is 3.10. The molecule has 0 spiro atoms. The fraction of sp³-hybridized carbons (Fsp3) is 0.267. The fourth-order valence-corrected chi connectivity index (χ4v) is 1.93. The second kappa shape index (κ2) is 6.18. The molecule has 1 heterocycles. The number of rotatable bonds is 4. The lowest BCUT2D eigenvalue weighted by molar-refractivity contribution is 0.627. The van der Waals surface area contributed by atoms with Crippen LogP contribution in [0.2, 0.25) is 0 Å². The zero-order chi connectivity index (χ0) is 15.4. The zero-order valence-electron chi connectivity index (χ0n) is 12.2. The zero-order valence-corrected chi connectivity index (χ0v) is 12.2. The minimum atomic E-state index is -0.443. The second-order valence-corrected chi connectivity index (χ2v) is 4.49. The van der Waals surface area contributed by atoms with Crippen LogP contribution in [-0.4, -0.2) is 17.0 Å². The van der Waals surface area contributed by atoms with Crippen molar-refractivity contribution in [1.29, 1.82) is 5.26 Å². The van der Waals surface area contributed by atoms with E-state index in [1.807, 2.05) is 19.9 Å². The van der Waals surface area contributed by atoms with Crippen molar-refractivity contribution in [1.82, 2.24) is 9.97 Å². The highest BCUT2D eigenvalue weighted by molar-refractivity contribution is 5.69. The van der Waals surface area contributed by atoms with E-state index < -0.39 is 5.82 Å². The van der Waals surface area contributed by atoms with Crippen molar-refractivity contribution in [2.75, 3.05) is 17.7 Å². The van der Waals surface area contributed by atoms with E-state index in [2.05, 4.69) is 20.6 Å². The molecule has 2 N–H and O–H groups in total. The lowest BCUT2D eigenvalue weighted by Gasteiger charge is -2.14. The highest BCUT2D eigenvalue weighted by atomic mass is 19.1. The van der Waals surface area contributed by atoms with Crippen LogP contribution in [0, 0.1) is 24.1 Å². The van der Waals surface area contributed by atoms with Crippen LogP contribution in [0.15, 0.2) is 18.2 Å². The van der Waals surface area contributed by atoms with Crippen molar-refractivity contribution in [2.24, 2.45) is 0 Å². The van der Waals surface area contributed by atoms with E-state index in [-0.39, 0.29) is 5.56 Å². The maximum Gasteiger partial charge on any atom is 0.139 e. The van der Waals surface area contributed by atoms with Crippen molar-refractivity contribution >= 4 is 17.3 Å². The molecule has 108 valence electrons. The number of nitriles is 1. The van der Waals surface area contributed by atoms with Crippen molar-refractivity contribution in [3.8, 4) is 6.07 Å². The predicted molar refractivity (Wildman–Crippen MR) is 80.1 cm³/mol. The number of aromatic nitrogens is 2. The highest BCUT2D eigenvalue weighted by Crippen LogP contribution is 2.25. The third-order valence-corrected chi connectivity index (χ3v) is 3.10. The number of nitrogens with zero attached hydrogens (tertiary/aromatic N) is 3. The smallest absolute Gasteiger partial charge is 0.139 e. The topological polar surface area (TPSA) is 73.6 Å². The normalized spacial score (nSPS) is 10.0. The monoisotopic (exact) mass is 285 g/mol. The summed E-state index contributed by atoms with van der Waals surface area (Å²) in [6.45, 7) is 3.84. The Kier molecular flexibility index (Phi) is 4.33. The Morgan fingerprint density at radius 1 is 1.29 bits per heavy atom. The first kappa shape index (κ1) is 14.7. The summed E-state index contributed by atoms with van der Waals surface area (Å²) in [5.74, 6) is 1.58. The van der Waals surface area contributed by atoms with Gasteiger partial charge in [0, 0.05) is 19.0 Å². The minimum Gasteiger partial charge on any atom is -0.373 e. The molecule has 0 amide bonds. The Hall–Kier alpha value is -2.68. The molecule has 2 rings (SSSR count). The van der Waals surface area contributed by atoms with E-state index in [0.717, 1.165) is 11.4 Å². The molecule has 2 aromatic rings. The summed E-state index contributed by atoms with van der Waals surface area (Å²) >= 11 is 0. The average molecular weight is 285 g/mol. The number of hydrogen-bond acceptors (Lipinski definition) is 5. The molecule has 1 aromatic heterocycles. The van der Waals surface area contributed by atoms with E-state index in [0.29, 0.717) is 23.8 Å². The van der Waals surface area contributed by atoms with Crippen molar-refractivity contribution in [3.63, 3.8) is 0 Å². The van der Waals surface area contributed by atoms with E-state index in [1.54, 1.807) is 7.05 Å². The summed E-state index contributed by atoms with van der Waals surface area (Å²) in [5.41, 5.74) is 1.59. The van der Waals surface area contributed by atoms with Crippen LogP contribution >= 0.6 is 0 Å². The van der Waals surface area contributed by atoms with Crippen LogP contribution in [0.3, 0.4) is 0 Å². The third kappa shape index (κ3) is 3.08. The highest BCUT2D eigenvalue weighted by Gasteiger charge is 2.11. The summed E-state index contributed by atoms with van der Waals surface area (Å²) < 4.78 is 13.2. The van der Waals surface area contributed by atoms with Gasteiger partial charge >= 0.3 is 0 Å². The van der Waals surface area contributed by atoms with E-state index in [9.17, 15) is 4.39 Å². The van der Waals surface area contributed by atoms with Crippen LogP contribution < -0.4 is 10.6 Å². The summed E-state index contributed by atoms with van der Waals surface area (Å²) in [7, 11) is 1.79. The molecule has 5 nitrogen and oxygen atoms in total. The molecule has 0 fully saturated rings. The molecule has 0 radical (unpaired) electrons. The maximum absolute atomic E-state index is 13.2. The summed E-state index contributed by atoms with van der Waals surface area (Å²) in [4.78, 5) is 8.81. The van der Waals surface area contributed by atoms with Crippen molar-refractivity contribution < 1.29 is 4.39 Å². The summed E-state index contributed by atoms with van der Waals surface area (Å²) in [5, 5.41) is 15.2. The van der Waals surface area contributed by atoms with Gasteiger partial charge in [0.05, 0.1) is 11.3 Å². The molecule has 0 unspecified atom stereocenters. The van der Waals surface area contributed by atoms with Gasteiger partial charge in [0.2, 0.25) is 0 Å². The van der Waals surface area contributed by atoms with E-state index in [4.69, 9.17) is 5.26 Å². The number of hydrogen-bond donors (Lipinski definition) is 2. The molecular formula is C15H16FN5. The Bertz CT molecular complexity index is 706. The first-order chi connectivity index (χ1) is 10.1. The number of aryl methyl sites for hydroxylation is 1. The molecule has 0 saturated heterocycles. The van der Waals surface area contributed by atoms with Crippen LogP contribution in [0.1, 0.15) is 23.9 Å². The molecule has 6 heteroatoms. The van der Waals surface area contributed by atoms with Gasteiger partial charge in [0.25, 0.3) is 0 Å². The van der Waals surface area contributed by atoms with Gasteiger partial charge in [0.1, 0.15) is 29.3 Å². The number of anilines is 3. The van der Waals surface area contributed by atoms with Crippen molar-refractivity contribution in [3.05, 3.63) is 41.0 Å². The van der Waals surface area contributed by atoms with Gasteiger partial charge in [0.15, 0.2) is 0 Å². The fourth-order valence-electron chi connectivity index (χ4n) is 1.93. The van der Waals surface area contributed by atoms with Gasteiger partial charge in [-0.3, -0.25) is 0 Å². The first-order valence-electron chi connectivity index (χ1n) is 6.61. The SMILES string of the molecule is CCc1nc(NC)c(C)c(Nc2ccc(F)cc2C#N)n1. The van der Waals surface area contributed by atoms with E-state index >= 15 is 0 Å². The van der Waals surface area contributed by atoms with Gasteiger partial charge in [-0.1, -0.05) is 6.92 Å². The Morgan fingerprint density at radius 2 is 2.00 bits per heavy atom. The van der Waals surface area contributed by atoms with Crippen LogP contribution in [0.25, 0.3) is 0 Å². The Balaban J connectivity index is 2.47. The molecule has 1 aromatic carbocycles. The summed E-state index contributed by atoms with van der Waals surface area (Å²) in [6.07, 6.45) is 0.693. The molecular weight excluding hydrogens is 269 g/mol. The van der Waals surface area contributed by atoms with E-state index in [1.165, 1.54) is 18.2 Å². The molecule has 0 aliphatic rings. The van der Waals surface area contributed by atoms with Gasteiger partial charge < -0.3 is 10.6 Å². The number of benzene rings is 1. The molecule has 0 atom stereocenters. The molecule has 0 bridgehead atoms. The predicted octanol–water partition coefficient (Wildman–Crippen LogP) is 3.14. The average Bonchev–Trinajstić information content (AvgIpc) is 2.50. The number of halogens is 1. The van der Waals surface area contributed by atoms with Crippen LogP contribution in [0.4, 0.5) is 21.7 Å². The summed E-state index contributed by atoms with van der Waals surface area (Å²) in [6, 6.07) is 6.00. The lowest BCUT2D eigenvalue weighted by Crippen LogP contribution is -2.07. The van der Waals surface area contributed by atoms with Crippen LogP contribution in [0.5, 0.6) is 0 Å². The first-order valence-corrected chi connectivity index (χ1v) is 6.61. The van der Waals surface area contributed by atoms with Gasteiger partial charge in [-0.25, -0.2) is 14.4 Å². The Labute approximate surface area is 122 Å². The standard InChI is InChI=1S/C15H16FN5/c1-4-13-20-14(18-3)9(2)15(21-13)19-12-6-5-11(16)7-10(12)8-17/h5-7H,4H2,1-3H3,(H2,18,19,20,21). The van der Waals surface area contributed by atoms with Crippen molar-refractivity contribution in [2.45, 2.75) is 20.3 Å². The molecule has 0 aliphatic carbocycles. The second-order valence-electron chi connectivity index (χ2n) is 4.49. The maximum atomic E-state index is 13.2. The molecule has 21 heavy (non-hydrogen) atoms. The van der Waals surface area contributed by atoms with Gasteiger partial charge in [-0.05, 0) is 25.1 Å². The van der Waals surface area contributed by atoms with Crippen LogP contribution in [-0.2, 0) is 6.42 Å².